The van der Waals surface area contributed by atoms with Gasteiger partial charge in [-0.2, -0.15) is 0 Å². The Balaban J connectivity index is 1.59. The molecule has 3 aromatic rings. The van der Waals surface area contributed by atoms with Crippen LogP contribution in [0.2, 0.25) is 0 Å². The SMILES string of the molecule is COC(=O)Nc1ccc(CNC(C)c2cnc3ccsc3c2)cc1. The maximum Gasteiger partial charge on any atom is 0.411 e. The molecule has 2 N–H and O–H groups in total. The standard InChI is InChI=1S/C18H19N3O2S/c1-12(14-9-17-16(20-11-14)7-8-24-17)19-10-13-3-5-15(6-4-13)21-18(22)23-2/h3-9,11-12,19H,10H2,1-2H3,(H,21,22). The normalized spacial score (nSPS) is 12.1. The van der Waals surface area contributed by atoms with Gasteiger partial charge >= 0.3 is 6.09 Å². The van der Waals surface area contributed by atoms with E-state index in [1.54, 1.807) is 11.3 Å². The Morgan fingerprint density at radius 2 is 2.08 bits per heavy atom. The molecule has 2 heterocycles. The number of hydrogen-bond acceptors (Lipinski definition) is 5. The monoisotopic (exact) mass is 341 g/mol. The third kappa shape index (κ3) is 3.90. The van der Waals surface area contributed by atoms with Crippen molar-refractivity contribution in [3.05, 3.63) is 59.1 Å². The van der Waals surface area contributed by atoms with E-state index in [0.717, 1.165) is 17.6 Å². The summed E-state index contributed by atoms with van der Waals surface area (Å²) in [6, 6.07) is 12.1. The summed E-state index contributed by atoms with van der Waals surface area (Å²) in [5.74, 6) is 0. The van der Waals surface area contributed by atoms with Crippen molar-refractivity contribution in [2.24, 2.45) is 0 Å². The first-order valence-corrected chi connectivity index (χ1v) is 8.54. The number of fused-ring (bicyclic) bond motifs is 1. The van der Waals surface area contributed by atoms with Gasteiger partial charge in [0.2, 0.25) is 0 Å². The molecule has 6 heteroatoms. The highest BCUT2D eigenvalue weighted by Gasteiger charge is 2.07. The number of methoxy groups -OCH3 is 1. The zero-order valence-corrected chi connectivity index (χ0v) is 14.4. The Labute approximate surface area is 144 Å². The van der Waals surface area contributed by atoms with Crippen LogP contribution in [0.1, 0.15) is 24.1 Å². The number of benzene rings is 1. The van der Waals surface area contributed by atoms with Crippen LogP contribution in [-0.2, 0) is 11.3 Å². The Kier molecular flexibility index (Phi) is 5.08. The number of ether oxygens (including phenoxy) is 1. The zero-order chi connectivity index (χ0) is 16.9. The predicted molar refractivity (Wildman–Crippen MR) is 97.3 cm³/mol. The lowest BCUT2D eigenvalue weighted by Crippen LogP contribution is -2.18. The van der Waals surface area contributed by atoms with Gasteiger partial charge in [0, 0.05) is 24.5 Å². The molecule has 1 aromatic carbocycles. The maximum absolute atomic E-state index is 11.2. The molecule has 2 aromatic heterocycles. The molecule has 0 saturated carbocycles. The summed E-state index contributed by atoms with van der Waals surface area (Å²) < 4.78 is 5.78. The number of amides is 1. The Bertz CT molecular complexity index is 830. The number of hydrogen-bond donors (Lipinski definition) is 2. The molecule has 0 radical (unpaired) electrons. The number of aromatic nitrogens is 1. The summed E-state index contributed by atoms with van der Waals surface area (Å²) in [5, 5.41) is 8.19. The second-order valence-corrected chi connectivity index (χ2v) is 6.44. The van der Waals surface area contributed by atoms with Crippen molar-refractivity contribution in [2.75, 3.05) is 12.4 Å². The van der Waals surface area contributed by atoms with Crippen molar-refractivity contribution in [2.45, 2.75) is 19.5 Å². The van der Waals surface area contributed by atoms with Gasteiger partial charge in [-0.3, -0.25) is 10.3 Å². The van der Waals surface area contributed by atoms with Crippen LogP contribution in [-0.4, -0.2) is 18.2 Å². The molecular formula is C18H19N3O2S. The summed E-state index contributed by atoms with van der Waals surface area (Å²) in [5.41, 5.74) is 4.08. The molecule has 0 bridgehead atoms. The Morgan fingerprint density at radius 3 is 2.83 bits per heavy atom. The second kappa shape index (κ2) is 7.42. The highest BCUT2D eigenvalue weighted by atomic mass is 32.1. The number of nitrogens with zero attached hydrogens (tertiary/aromatic N) is 1. The third-order valence-electron chi connectivity index (χ3n) is 3.82. The fraction of sp³-hybridized carbons (Fsp3) is 0.222. The molecule has 124 valence electrons. The quantitative estimate of drug-likeness (QED) is 0.725. The lowest BCUT2D eigenvalue weighted by Gasteiger charge is -2.14. The molecule has 1 unspecified atom stereocenters. The van der Waals surface area contributed by atoms with Crippen molar-refractivity contribution < 1.29 is 9.53 Å². The van der Waals surface area contributed by atoms with Crippen LogP contribution >= 0.6 is 11.3 Å². The molecule has 0 aliphatic heterocycles. The Hall–Kier alpha value is -2.44. The van der Waals surface area contributed by atoms with Crippen LogP contribution in [0.25, 0.3) is 10.2 Å². The average molecular weight is 341 g/mol. The van der Waals surface area contributed by atoms with Crippen LogP contribution in [0.15, 0.2) is 48.0 Å². The van der Waals surface area contributed by atoms with Gasteiger partial charge < -0.3 is 10.1 Å². The molecule has 24 heavy (non-hydrogen) atoms. The minimum absolute atomic E-state index is 0.205. The summed E-state index contributed by atoms with van der Waals surface area (Å²) in [6.45, 7) is 2.87. The summed E-state index contributed by atoms with van der Waals surface area (Å²) in [6.07, 6.45) is 1.46. The molecule has 1 amide bonds. The van der Waals surface area contributed by atoms with Gasteiger partial charge in [0.25, 0.3) is 0 Å². The number of anilines is 1. The van der Waals surface area contributed by atoms with Crippen molar-refractivity contribution >= 4 is 33.3 Å². The van der Waals surface area contributed by atoms with Gasteiger partial charge in [-0.05, 0) is 47.7 Å². The molecule has 5 nitrogen and oxygen atoms in total. The minimum atomic E-state index is -0.467. The molecule has 3 rings (SSSR count). The largest absolute Gasteiger partial charge is 0.453 e. The van der Waals surface area contributed by atoms with Crippen molar-refractivity contribution in [1.29, 1.82) is 0 Å². The predicted octanol–water partition coefficient (Wildman–Crippen LogP) is 4.33. The van der Waals surface area contributed by atoms with Gasteiger partial charge in [0.1, 0.15) is 0 Å². The van der Waals surface area contributed by atoms with E-state index < -0.39 is 6.09 Å². The first-order valence-electron chi connectivity index (χ1n) is 7.66. The van der Waals surface area contributed by atoms with E-state index in [1.165, 1.54) is 17.4 Å². The van der Waals surface area contributed by atoms with Crippen molar-refractivity contribution in [1.82, 2.24) is 10.3 Å². The average Bonchev–Trinajstić information content (AvgIpc) is 3.08. The highest BCUT2D eigenvalue weighted by Crippen LogP contribution is 2.22. The first-order chi connectivity index (χ1) is 11.7. The van der Waals surface area contributed by atoms with E-state index in [0.29, 0.717) is 5.69 Å². The van der Waals surface area contributed by atoms with Crippen LogP contribution in [0, 0.1) is 0 Å². The van der Waals surface area contributed by atoms with Crippen LogP contribution in [0.4, 0.5) is 10.5 Å². The zero-order valence-electron chi connectivity index (χ0n) is 13.6. The Morgan fingerprint density at radius 1 is 1.29 bits per heavy atom. The van der Waals surface area contributed by atoms with Gasteiger partial charge in [0.15, 0.2) is 0 Å². The van der Waals surface area contributed by atoms with E-state index in [2.05, 4.69) is 38.7 Å². The molecule has 0 aliphatic rings. The number of nitrogens with one attached hydrogen (secondary N) is 2. The van der Waals surface area contributed by atoms with E-state index >= 15 is 0 Å². The topological polar surface area (TPSA) is 63.2 Å². The minimum Gasteiger partial charge on any atom is -0.453 e. The number of carbonyl (C=O) groups excluding carboxylic acids is 1. The molecule has 0 spiro atoms. The van der Waals surface area contributed by atoms with Crippen LogP contribution < -0.4 is 10.6 Å². The lowest BCUT2D eigenvalue weighted by molar-refractivity contribution is 0.187. The summed E-state index contributed by atoms with van der Waals surface area (Å²) in [7, 11) is 1.34. The summed E-state index contributed by atoms with van der Waals surface area (Å²) >= 11 is 1.71. The number of rotatable bonds is 5. The van der Waals surface area contributed by atoms with E-state index in [4.69, 9.17) is 0 Å². The maximum atomic E-state index is 11.2. The van der Waals surface area contributed by atoms with Crippen LogP contribution in [0.3, 0.4) is 0 Å². The smallest absolute Gasteiger partial charge is 0.411 e. The van der Waals surface area contributed by atoms with Gasteiger partial charge in [0.05, 0.1) is 17.3 Å². The van der Waals surface area contributed by atoms with E-state index in [-0.39, 0.29) is 6.04 Å². The molecule has 0 fully saturated rings. The number of thiophene rings is 1. The van der Waals surface area contributed by atoms with Gasteiger partial charge in [-0.15, -0.1) is 11.3 Å². The molecular weight excluding hydrogens is 322 g/mol. The summed E-state index contributed by atoms with van der Waals surface area (Å²) in [4.78, 5) is 15.6. The van der Waals surface area contributed by atoms with Crippen molar-refractivity contribution in [3.8, 4) is 0 Å². The van der Waals surface area contributed by atoms with Crippen molar-refractivity contribution in [3.63, 3.8) is 0 Å². The highest BCUT2D eigenvalue weighted by molar-refractivity contribution is 7.17. The molecule has 0 aliphatic carbocycles. The second-order valence-electron chi connectivity index (χ2n) is 5.49. The lowest BCUT2D eigenvalue weighted by atomic mass is 10.1. The van der Waals surface area contributed by atoms with Crippen LogP contribution in [0.5, 0.6) is 0 Å². The first kappa shape index (κ1) is 16.4. The molecule has 0 saturated heterocycles. The van der Waals surface area contributed by atoms with Gasteiger partial charge in [-0.1, -0.05) is 12.1 Å². The third-order valence-corrected chi connectivity index (χ3v) is 4.68. The van der Waals surface area contributed by atoms with Gasteiger partial charge in [-0.25, -0.2) is 4.79 Å². The number of pyridine rings is 1. The fourth-order valence-corrected chi connectivity index (χ4v) is 3.15. The molecule has 1 atom stereocenters. The number of carbonyl (C=O) groups is 1. The van der Waals surface area contributed by atoms with E-state index in [1.807, 2.05) is 36.5 Å². The fourth-order valence-electron chi connectivity index (χ4n) is 2.36. The van der Waals surface area contributed by atoms with E-state index in [9.17, 15) is 4.79 Å².